The van der Waals surface area contributed by atoms with Crippen LogP contribution in [0.4, 0.5) is 0 Å². The van der Waals surface area contributed by atoms with Crippen molar-refractivity contribution < 1.29 is 48.0 Å². The Balaban J connectivity index is 2.99. The predicted molar refractivity (Wildman–Crippen MR) is 60.9 cm³/mol. The van der Waals surface area contributed by atoms with E-state index in [2.05, 4.69) is 0 Å². The number of Topliss-reactive ketones (excluding diaryl/α,β-unsaturated/α-hetero) is 1. The van der Waals surface area contributed by atoms with Crippen LogP contribution in [0.5, 0.6) is 0 Å². The van der Waals surface area contributed by atoms with Gasteiger partial charge >= 0.3 is 0 Å². The highest BCUT2D eigenvalue weighted by molar-refractivity contribution is 7.86. The average Bonchev–Trinajstić information content (AvgIpc) is 2.28. The molecule has 1 aliphatic rings. The van der Waals surface area contributed by atoms with E-state index in [0.717, 1.165) is 0 Å². The molecule has 1 rings (SSSR count). The molecule has 1 aliphatic heterocycles. The molecule has 5 atom stereocenters. The largest absolute Gasteiger partial charge is 0.388 e. The number of carbonyl (C=O) groups excluding carboxylic acids is 1. The quantitative estimate of drug-likeness (QED) is 0.221. The zero-order valence-corrected chi connectivity index (χ0v) is 11.1. The maximum Gasteiger partial charge on any atom is 0.272 e. The van der Waals surface area contributed by atoms with Gasteiger partial charge < -0.3 is 30.3 Å². The molecule has 0 radical (unpaired) electrons. The zero-order valence-electron chi connectivity index (χ0n) is 10.3. The molecule has 11 heteroatoms. The van der Waals surface area contributed by atoms with Crippen molar-refractivity contribution in [1.82, 2.24) is 0 Å². The lowest BCUT2D eigenvalue weighted by Gasteiger charge is -2.43. The summed E-state index contributed by atoms with van der Waals surface area (Å²) in [4.78, 5) is 11.4. The first-order valence-electron chi connectivity index (χ1n) is 5.50. The summed E-state index contributed by atoms with van der Waals surface area (Å²) in [5.41, 5.74) is 0. The zero-order chi connectivity index (χ0) is 15.9. The Morgan fingerprint density at radius 1 is 1.15 bits per heavy atom. The molecule has 20 heavy (non-hydrogen) atoms. The van der Waals surface area contributed by atoms with Crippen molar-refractivity contribution in [3.8, 4) is 0 Å². The molecule has 1 heterocycles. The third-order valence-corrected chi connectivity index (χ3v) is 3.60. The van der Waals surface area contributed by atoms with E-state index in [4.69, 9.17) is 9.29 Å². The van der Waals surface area contributed by atoms with E-state index in [-0.39, 0.29) is 0 Å². The summed E-state index contributed by atoms with van der Waals surface area (Å²) in [6.45, 7) is 1.23. The van der Waals surface area contributed by atoms with Crippen LogP contribution in [-0.2, 0) is 19.6 Å². The Hall–Kier alpha value is -0.660. The molecule has 0 saturated carbocycles. The smallest absolute Gasteiger partial charge is 0.272 e. The highest BCUT2D eigenvalue weighted by atomic mass is 32.2. The fourth-order valence-corrected chi connectivity index (χ4v) is 2.36. The Labute approximate surface area is 114 Å². The Kier molecular flexibility index (Phi) is 4.88. The van der Waals surface area contributed by atoms with Crippen molar-refractivity contribution in [1.29, 1.82) is 0 Å². The van der Waals surface area contributed by atoms with Crippen LogP contribution in [0.3, 0.4) is 0 Å². The summed E-state index contributed by atoms with van der Waals surface area (Å²) in [6, 6.07) is 0. The number of hydrogen-bond acceptors (Lipinski definition) is 9. The van der Waals surface area contributed by atoms with Gasteiger partial charge in [-0.3, -0.25) is 9.35 Å². The number of carbonyl (C=O) groups is 1. The lowest BCUT2D eigenvalue weighted by Crippen LogP contribution is -2.66. The molecule has 6 N–H and O–H groups in total. The van der Waals surface area contributed by atoms with Crippen molar-refractivity contribution >= 4 is 15.9 Å². The van der Waals surface area contributed by atoms with Crippen LogP contribution < -0.4 is 0 Å². The maximum absolute atomic E-state index is 11.4. The summed E-state index contributed by atoms with van der Waals surface area (Å²) in [5, 5.41) is 47.7. The highest BCUT2D eigenvalue weighted by Gasteiger charge is 2.54. The number of aliphatic hydroxyl groups excluding tert-OH is 3. The highest BCUT2D eigenvalue weighted by Crippen LogP contribution is 2.27. The van der Waals surface area contributed by atoms with Crippen molar-refractivity contribution in [3.05, 3.63) is 0 Å². The summed E-state index contributed by atoms with van der Waals surface area (Å²) in [6.07, 6.45) is -8.67. The summed E-state index contributed by atoms with van der Waals surface area (Å²) in [7, 11) is -4.82. The van der Waals surface area contributed by atoms with Gasteiger partial charge in [-0.05, 0) is 6.92 Å². The van der Waals surface area contributed by atoms with Crippen molar-refractivity contribution in [2.24, 2.45) is 0 Å². The number of ether oxygens (including phenoxy) is 1. The van der Waals surface area contributed by atoms with E-state index in [1.54, 1.807) is 0 Å². The molecule has 10 nitrogen and oxygen atoms in total. The van der Waals surface area contributed by atoms with Crippen LogP contribution in [0.2, 0.25) is 0 Å². The van der Waals surface area contributed by atoms with E-state index in [1.807, 2.05) is 0 Å². The second-order valence-corrected chi connectivity index (χ2v) is 6.06. The number of ketones is 1. The Morgan fingerprint density at radius 3 is 2.10 bits per heavy atom. The molecule has 1 fully saturated rings. The first-order chi connectivity index (χ1) is 8.88. The molecule has 0 spiro atoms. The molecule has 0 aromatic carbocycles. The molecule has 0 aliphatic carbocycles. The van der Waals surface area contributed by atoms with Crippen LogP contribution in [0, 0.1) is 0 Å². The SMILES string of the molecule is C[C@H]1OC(C(O)(O)C(=O)CS(=O)(=O)O)[C@H](O)[C@@H](O)[C@@H]1O. The third kappa shape index (κ3) is 3.51. The number of aliphatic hydroxyl groups is 5. The monoisotopic (exact) mass is 316 g/mol. The maximum atomic E-state index is 11.4. The molecule has 118 valence electrons. The Morgan fingerprint density at radius 2 is 1.65 bits per heavy atom. The standard InChI is InChI=1S/C9H16O10S/c1-3-5(11)6(12)7(13)8(19-3)9(14,15)4(10)2-20(16,17)18/h3,5-8,11-15H,2H2,1H3,(H,16,17,18)/t3-,5-,6+,7-,8?/m1/s1. The second kappa shape index (κ2) is 5.61. The molecule has 1 saturated heterocycles. The Bertz CT molecular complexity index is 471. The van der Waals surface area contributed by atoms with Gasteiger partial charge in [-0.1, -0.05) is 0 Å². The van der Waals surface area contributed by atoms with E-state index in [9.17, 15) is 38.7 Å². The van der Waals surface area contributed by atoms with Crippen LogP contribution in [0.25, 0.3) is 0 Å². The van der Waals surface area contributed by atoms with Gasteiger partial charge in [-0.2, -0.15) is 8.42 Å². The summed E-state index contributed by atoms with van der Waals surface area (Å²) in [5.74, 6) is -6.83. The minimum Gasteiger partial charge on any atom is -0.388 e. The summed E-state index contributed by atoms with van der Waals surface area (Å²) < 4.78 is 34.4. The van der Waals surface area contributed by atoms with Gasteiger partial charge in [-0.15, -0.1) is 0 Å². The summed E-state index contributed by atoms with van der Waals surface area (Å²) >= 11 is 0. The van der Waals surface area contributed by atoms with Crippen LogP contribution in [-0.4, -0.2) is 86.3 Å². The van der Waals surface area contributed by atoms with Gasteiger partial charge in [0.05, 0.1) is 6.10 Å². The molecule has 0 aromatic rings. The van der Waals surface area contributed by atoms with E-state index in [1.165, 1.54) is 6.92 Å². The minimum absolute atomic E-state index is 1.16. The lowest BCUT2D eigenvalue weighted by atomic mass is 9.89. The van der Waals surface area contributed by atoms with E-state index < -0.39 is 58.0 Å². The van der Waals surface area contributed by atoms with Gasteiger partial charge in [0.2, 0.25) is 5.78 Å². The number of hydrogen-bond donors (Lipinski definition) is 6. The van der Waals surface area contributed by atoms with Crippen LogP contribution >= 0.6 is 0 Å². The van der Waals surface area contributed by atoms with Gasteiger partial charge in [0, 0.05) is 0 Å². The lowest BCUT2D eigenvalue weighted by molar-refractivity contribution is -0.301. The van der Waals surface area contributed by atoms with Crippen LogP contribution in [0.1, 0.15) is 6.92 Å². The molecular weight excluding hydrogens is 300 g/mol. The normalized spacial score (nSPS) is 35.9. The third-order valence-electron chi connectivity index (χ3n) is 2.97. The first kappa shape index (κ1) is 17.4. The van der Waals surface area contributed by atoms with Crippen LogP contribution in [0.15, 0.2) is 0 Å². The van der Waals surface area contributed by atoms with Gasteiger partial charge in [0.25, 0.3) is 15.9 Å². The molecule has 1 unspecified atom stereocenters. The van der Waals surface area contributed by atoms with Gasteiger partial charge in [0.15, 0.2) is 0 Å². The van der Waals surface area contributed by atoms with Gasteiger partial charge in [0.1, 0.15) is 30.2 Å². The predicted octanol–water partition coefficient (Wildman–Crippen LogP) is -4.01. The number of rotatable bonds is 4. The molecule has 0 amide bonds. The van der Waals surface area contributed by atoms with Crippen molar-refractivity contribution in [2.45, 2.75) is 43.2 Å². The second-order valence-electron chi connectivity index (χ2n) is 4.61. The average molecular weight is 316 g/mol. The fourth-order valence-electron chi connectivity index (χ4n) is 1.81. The van der Waals surface area contributed by atoms with Crippen molar-refractivity contribution in [2.75, 3.05) is 5.75 Å². The topological polar surface area (TPSA) is 182 Å². The molecule has 0 bridgehead atoms. The first-order valence-corrected chi connectivity index (χ1v) is 7.11. The van der Waals surface area contributed by atoms with Crippen molar-refractivity contribution in [3.63, 3.8) is 0 Å². The fraction of sp³-hybridized carbons (Fsp3) is 0.889. The van der Waals surface area contributed by atoms with E-state index >= 15 is 0 Å². The molecule has 0 aromatic heterocycles. The van der Waals surface area contributed by atoms with Gasteiger partial charge in [-0.25, -0.2) is 0 Å². The minimum atomic E-state index is -4.82. The molecular formula is C9H16O10S. The van der Waals surface area contributed by atoms with E-state index in [0.29, 0.717) is 0 Å².